The third kappa shape index (κ3) is 2.90. The first kappa shape index (κ1) is 17.6. The number of aromatic amines is 1. The molecule has 1 amide bonds. The van der Waals surface area contributed by atoms with E-state index in [-0.39, 0.29) is 17.3 Å². The van der Waals surface area contributed by atoms with Gasteiger partial charge < -0.3 is 9.88 Å². The monoisotopic (exact) mass is 388 g/mol. The van der Waals surface area contributed by atoms with Gasteiger partial charge >= 0.3 is 0 Å². The summed E-state index contributed by atoms with van der Waals surface area (Å²) in [6, 6.07) is 19.7. The molecule has 0 saturated heterocycles. The van der Waals surface area contributed by atoms with Gasteiger partial charge in [-0.25, -0.2) is 8.78 Å². The summed E-state index contributed by atoms with van der Waals surface area (Å²) in [5.74, 6) is -1.26. The smallest absolute Gasteiger partial charge is 0.257 e. The summed E-state index contributed by atoms with van der Waals surface area (Å²) < 4.78 is 27.9. The van der Waals surface area contributed by atoms with Gasteiger partial charge in [0.15, 0.2) is 0 Å². The zero-order chi connectivity index (χ0) is 20.0. The fourth-order valence-corrected chi connectivity index (χ4v) is 4.24. The molecule has 1 atom stereocenters. The van der Waals surface area contributed by atoms with Crippen LogP contribution in [0.1, 0.15) is 33.2 Å². The van der Waals surface area contributed by atoms with Crippen molar-refractivity contribution >= 4 is 16.8 Å². The van der Waals surface area contributed by atoms with E-state index in [0.717, 1.165) is 27.7 Å². The number of hydrogen-bond donors (Lipinski definition) is 1. The molecule has 0 aliphatic carbocycles. The van der Waals surface area contributed by atoms with Crippen LogP contribution in [0.15, 0.2) is 72.8 Å². The Morgan fingerprint density at radius 2 is 1.66 bits per heavy atom. The molecule has 29 heavy (non-hydrogen) atoms. The van der Waals surface area contributed by atoms with Crippen molar-refractivity contribution in [1.82, 2.24) is 9.88 Å². The Morgan fingerprint density at radius 1 is 0.931 bits per heavy atom. The lowest BCUT2D eigenvalue weighted by Crippen LogP contribution is -2.41. The van der Waals surface area contributed by atoms with Crippen molar-refractivity contribution in [2.75, 3.05) is 6.54 Å². The summed E-state index contributed by atoms with van der Waals surface area (Å²) >= 11 is 0. The van der Waals surface area contributed by atoms with Gasteiger partial charge in [0.25, 0.3) is 5.91 Å². The number of aromatic nitrogens is 1. The Balaban J connectivity index is 1.68. The summed E-state index contributed by atoms with van der Waals surface area (Å²) in [7, 11) is 0. The molecule has 4 aromatic rings. The maximum Gasteiger partial charge on any atom is 0.257 e. The molecule has 3 aromatic carbocycles. The van der Waals surface area contributed by atoms with Crippen molar-refractivity contribution in [2.45, 2.75) is 12.5 Å². The molecular formula is C24H18F2N2O. The second-order valence-electron chi connectivity index (χ2n) is 7.25. The molecule has 0 spiro atoms. The Labute approximate surface area is 166 Å². The molecule has 1 aliphatic rings. The molecule has 2 heterocycles. The number of carbonyl (C=O) groups is 1. The number of benzene rings is 3. The molecule has 144 valence electrons. The quantitative estimate of drug-likeness (QED) is 0.501. The molecule has 5 heteroatoms. The van der Waals surface area contributed by atoms with E-state index in [1.54, 1.807) is 29.2 Å². The van der Waals surface area contributed by atoms with E-state index in [2.05, 4.69) is 11.1 Å². The Kier molecular flexibility index (Phi) is 4.16. The van der Waals surface area contributed by atoms with Gasteiger partial charge in [0, 0.05) is 23.1 Å². The van der Waals surface area contributed by atoms with E-state index in [4.69, 9.17) is 0 Å². The second kappa shape index (κ2) is 6.85. The van der Waals surface area contributed by atoms with Gasteiger partial charge in [0.05, 0.1) is 11.6 Å². The number of para-hydroxylation sites is 1. The number of nitrogens with one attached hydrogen (secondary N) is 1. The fraction of sp³-hybridized carbons (Fsp3) is 0.125. The normalized spacial score (nSPS) is 16.1. The summed E-state index contributed by atoms with van der Waals surface area (Å²) in [5.41, 5.74) is 3.86. The first-order chi connectivity index (χ1) is 14.1. The van der Waals surface area contributed by atoms with E-state index >= 15 is 0 Å². The van der Waals surface area contributed by atoms with Crippen LogP contribution in [0.2, 0.25) is 0 Å². The van der Waals surface area contributed by atoms with Crippen molar-refractivity contribution in [3.8, 4) is 0 Å². The lowest BCUT2D eigenvalue weighted by molar-refractivity contribution is 0.0687. The molecule has 1 aliphatic heterocycles. The lowest BCUT2D eigenvalue weighted by atomic mass is 9.91. The molecular weight excluding hydrogens is 370 g/mol. The molecule has 1 N–H and O–H groups in total. The van der Waals surface area contributed by atoms with Crippen molar-refractivity contribution in [3.63, 3.8) is 0 Å². The largest absolute Gasteiger partial charge is 0.356 e. The summed E-state index contributed by atoms with van der Waals surface area (Å²) in [5, 5.41) is 1.12. The maximum atomic E-state index is 14.3. The lowest BCUT2D eigenvalue weighted by Gasteiger charge is -2.36. The number of nitrogens with zero attached hydrogens (tertiary/aromatic N) is 1. The minimum Gasteiger partial charge on any atom is -0.356 e. The number of hydrogen-bond acceptors (Lipinski definition) is 1. The van der Waals surface area contributed by atoms with Crippen molar-refractivity contribution in [2.24, 2.45) is 0 Å². The Morgan fingerprint density at radius 3 is 2.45 bits per heavy atom. The van der Waals surface area contributed by atoms with Crippen LogP contribution in [0.4, 0.5) is 8.78 Å². The molecule has 5 rings (SSSR count). The molecule has 1 aromatic heterocycles. The van der Waals surface area contributed by atoms with E-state index in [1.807, 2.05) is 18.2 Å². The molecule has 0 unspecified atom stereocenters. The highest BCUT2D eigenvalue weighted by atomic mass is 19.1. The number of rotatable bonds is 2. The summed E-state index contributed by atoms with van der Waals surface area (Å²) in [4.78, 5) is 18.4. The Hall–Kier alpha value is -3.47. The molecule has 0 saturated carbocycles. The average Bonchev–Trinajstić information content (AvgIpc) is 3.12. The second-order valence-corrected chi connectivity index (χ2v) is 7.25. The first-order valence-corrected chi connectivity index (χ1v) is 9.54. The fourth-order valence-electron chi connectivity index (χ4n) is 4.24. The van der Waals surface area contributed by atoms with E-state index < -0.39 is 11.9 Å². The van der Waals surface area contributed by atoms with Gasteiger partial charge in [-0.1, -0.05) is 42.5 Å². The van der Waals surface area contributed by atoms with Crippen LogP contribution < -0.4 is 0 Å². The molecule has 0 fully saturated rings. The summed E-state index contributed by atoms with van der Waals surface area (Å²) in [6.45, 7) is 0.448. The number of halogens is 2. The highest BCUT2D eigenvalue weighted by Crippen LogP contribution is 2.39. The van der Waals surface area contributed by atoms with Gasteiger partial charge in [-0.2, -0.15) is 0 Å². The standard InChI is InChI=1S/C24H18F2N2O/c25-16-11-9-15(10-12-16)23-22-18(17-5-2-4-8-21(17)27-22)13-14-28(23)24(29)19-6-1-3-7-20(19)26/h1-12,23,27H,13-14H2/t23-/m0/s1. The zero-order valence-corrected chi connectivity index (χ0v) is 15.5. The summed E-state index contributed by atoms with van der Waals surface area (Å²) in [6.07, 6.45) is 0.664. The van der Waals surface area contributed by atoms with Crippen LogP contribution in [0.5, 0.6) is 0 Å². The van der Waals surface area contributed by atoms with Crippen LogP contribution in [0, 0.1) is 11.6 Å². The SMILES string of the molecule is O=C(c1ccccc1F)N1CCc2c([nH]c3ccccc23)[C@@H]1c1ccc(F)cc1. The van der Waals surface area contributed by atoms with Gasteiger partial charge in [-0.3, -0.25) is 4.79 Å². The number of H-pyrrole nitrogens is 1. The highest BCUT2D eigenvalue weighted by Gasteiger charge is 2.35. The van der Waals surface area contributed by atoms with E-state index in [1.165, 1.54) is 24.3 Å². The van der Waals surface area contributed by atoms with Gasteiger partial charge in [0.1, 0.15) is 11.6 Å². The molecule has 0 bridgehead atoms. The van der Waals surface area contributed by atoms with Crippen LogP contribution >= 0.6 is 0 Å². The van der Waals surface area contributed by atoms with Crippen molar-refractivity contribution in [3.05, 3.63) is 107 Å². The predicted octanol–water partition coefficient (Wildman–Crippen LogP) is 5.23. The van der Waals surface area contributed by atoms with E-state index in [0.29, 0.717) is 13.0 Å². The van der Waals surface area contributed by atoms with Crippen molar-refractivity contribution < 1.29 is 13.6 Å². The molecule has 0 radical (unpaired) electrons. The highest BCUT2D eigenvalue weighted by molar-refractivity contribution is 5.96. The van der Waals surface area contributed by atoms with Crippen LogP contribution in [0.3, 0.4) is 0 Å². The minimum atomic E-state index is -0.544. The minimum absolute atomic E-state index is 0.0409. The van der Waals surface area contributed by atoms with E-state index in [9.17, 15) is 13.6 Å². The number of carbonyl (C=O) groups excluding carboxylic acids is 1. The van der Waals surface area contributed by atoms with Gasteiger partial charge in [-0.15, -0.1) is 0 Å². The van der Waals surface area contributed by atoms with Crippen LogP contribution in [-0.4, -0.2) is 22.3 Å². The topological polar surface area (TPSA) is 36.1 Å². The third-order valence-corrected chi connectivity index (χ3v) is 5.59. The average molecular weight is 388 g/mol. The van der Waals surface area contributed by atoms with Gasteiger partial charge in [-0.05, 0) is 47.9 Å². The maximum absolute atomic E-state index is 14.3. The number of fused-ring (bicyclic) bond motifs is 3. The Bertz CT molecular complexity index is 1210. The predicted molar refractivity (Wildman–Crippen MR) is 108 cm³/mol. The van der Waals surface area contributed by atoms with Crippen LogP contribution in [0.25, 0.3) is 10.9 Å². The van der Waals surface area contributed by atoms with Crippen LogP contribution in [-0.2, 0) is 6.42 Å². The third-order valence-electron chi connectivity index (χ3n) is 5.59. The number of amides is 1. The van der Waals surface area contributed by atoms with Crippen molar-refractivity contribution in [1.29, 1.82) is 0 Å². The first-order valence-electron chi connectivity index (χ1n) is 9.54. The molecule has 3 nitrogen and oxygen atoms in total. The van der Waals surface area contributed by atoms with Gasteiger partial charge in [0.2, 0.25) is 0 Å². The zero-order valence-electron chi connectivity index (χ0n) is 15.5.